The minimum Gasteiger partial charge on any atom is -0.505 e. The van der Waals surface area contributed by atoms with E-state index in [-0.39, 0.29) is 17.2 Å². The standard InChI is InChI=1S/C13H21N3O2/c1-2-3-10(4-6-14)8-16-13(18)11-5-7-15-9-12(11)17/h5,7,9-10,17H,2-4,6,8,14H2,1H3,(H,16,18). The fraction of sp³-hybridized carbons (Fsp3) is 0.538. The Balaban J connectivity index is 2.52. The smallest absolute Gasteiger partial charge is 0.255 e. The molecule has 1 unspecified atom stereocenters. The number of nitrogens with zero attached hydrogens (tertiary/aromatic N) is 1. The summed E-state index contributed by atoms with van der Waals surface area (Å²) in [7, 11) is 0. The third-order valence-electron chi connectivity index (χ3n) is 2.87. The summed E-state index contributed by atoms with van der Waals surface area (Å²) in [5.41, 5.74) is 5.80. The molecule has 18 heavy (non-hydrogen) atoms. The lowest BCUT2D eigenvalue weighted by molar-refractivity contribution is 0.0943. The largest absolute Gasteiger partial charge is 0.505 e. The maximum atomic E-state index is 11.8. The van der Waals surface area contributed by atoms with Gasteiger partial charge >= 0.3 is 0 Å². The monoisotopic (exact) mass is 251 g/mol. The van der Waals surface area contributed by atoms with E-state index in [0.29, 0.717) is 19.0 Å². The molecular formula is C13H21N3O2. The van der Waals surface area contributed by atoms with Gasteiger partial charge in [0.1, 0.15) is 5.75 Å². The van der Waals surface area contributed by atoms with Gasteiger partial charge in [0.05, 0.1) is 11.8 Å². The van der Waals surface area contributed by atoms with Crippen molar-refractivity contribution in [3.8, 4) is 5.75 Å². The van der Waals surface area contributed by atoms with Gasteiger partial charge in [-0.05, 0) is 31.4 Å². The highest BCUT2D eigenvalue weighted by atomic mass is 16.3. The number of amides is 1. The molecule has 100 valence electrons. The summed E-state index contributed by atoms with van der Waals surface area (Å²) in [5.74, 6) is 0.0295. The Morgan fingerprint density at radius 3 is 2.94 bits per heavy atom. The van der Waals surface area contributed by atoms with Crippen LogP contribution in [-0.2, 0) is 0 Å². The molecule has 1 atom stereocenters. The Labute approximate surface area is 107 Å². The van der Waals surface area contributed by atoms with Crippen molar-refractivity contribution >= 4 is 5.91 Å². The number of hydrogen-bond donors (Lipinski definition) is 3. The molecular weight excluding hydrogens is 230 g/mol. The van der Waals surface area contributed by atoms with Crippen LogP contribution < -0.4 is 11.1 Å². The highest BCUT2D eigenvalue weighted by molar-refractivity contribution is 5.96. The van der Waals surface area contributed by atoms with E-state index in [1.807, 2.05) is 0 Å². The van der Waals surface area contributed by atoms with Crippen LogP contribution in [0.25, 0.3) is 0 Å². The summed E-state index contributed by atoms with van der Waals surface area (Å²) >= 11 is 0. The molecule has 0 fully saturated rings. The number of rotatable bonds is 7. The van der Waals surface area contributed by atoms with Crippen molar-refractivity contribution in [2.24, 2.45) is 11.7 Å². The molecule has 1 aromatic heterocycles. The quantitative estimate of drug-likeness (QED) is 0.681. The number of carbonyl (C=O) groups excluding carboxylic acids is 1. The van der Waals surface area contributed by atoms with Gasteiger partial charge in [-0.25, -0.2) is 0 Å². The second kappa shape index (κ2) is 7.66. The summed E-state index contributed by atoms with van der Waals surface area (Å²) in [6.45, 7) is 3.33. The number of hydrogen-bond acceptors (Lipinski definition) is 4. The van der Waals surface area contributed by atoms with Gasteiger partial charge in [0.25, 0.3) is 5.91 Å². The lowest BCUT2D eigenvalue weighted by atomic mass is 10.00. The van der Waals surface area contributed by atoms with Gasteiger partial charge in [0, 0.05) is 12.7 Å². The molecule has 0 bridgehead atoms. The molecule has 0 radical (unpaired) electrons. The number of nitrogens with one attached hydrogen (secondary N) is 1. The number of pyridine rings is 1. The molecule has 0 saturated carbocycles. The number of carbonyl (C=O) groups is 1. The van der Waals surface area contributed by atoms with Gasteiger partial charge in [0.15, 0.2) is 0 Å². The van der Waals surface area contributed by atoms with E-state index >= 15 is 0 Å². The normalized spacial score (nSPS) is 12.1. The fourth-order valence-corrected chi connectivity index (χ4v) is 1.90. The molecule has 0 aliphatic heterocycles. The summed E-state index contributed by atoms with van der Waals surface area (Å²) in [6, 6.07) is 1.50. The van der Waals surface area contributed by atoms with E-state index in [2.05, 4.69) is 17.2 Å². The average molecular weight is 251 g/mol. The topological polar surface area (TPSA) is 88.2 Å². The Morgan fingerprint density at radius 1 is 1.56 bits per heavy atom. The van der Waals surface area contributed by atoms with E-state index in [0.717, 1.165) is 19.3 Å². The maximum absolute atomic E-state index is 11.8. The lowest BCUT2D eigenvalue weighted by Crippen LogP contribution is -2.30. The molecule has 0 aliphatic rings. The first-order valence-electron chi connectivity index (χ1n) is 6.30. The zero-order valence-corrected chi connectivity index (χ0v) is 10.7. The summed E-state index contributed by atoms with van der Waals surface area (Å²) in [4.78, 5) is 15.6. The molecule has 1 rings (SSSR count). The van der Waals surface area contributed by atoms with Crippen molar-refractivity contribution in [2.75, 3.05) is 13.1 Å². The summed E-state index contributed by atoms with van der Waals surface area (Å²) in [5, 5.41) is 12.3. The number of nitrogens with two attached hydrogens (primary N) is 1. The minimum absolute atomic E-state index is 0.0964. The molecule has 5 heteroatoms. The molecule has 1 amide bonds. The van der Waals surface area contributed by atoms with E-state index in [1.165, 1.54) is 18.5 Å². The van der Waals surface area contributed by atoms with Crippen LogP contribution in [-0.4, -0.2) is 29.1 Å². The SMILES string of the molecule is CCCC(CCN)CNC(=O)c1ccncc1O. The number of aromatic hydroxyl groups is 1. The molecule has 0 aromatic carbocycles. The predicted molar refractivity (Wildman–Crippen MR) is 70.3 cm³/mol. The first kappa shape index (κ1) is 14.4. The first-order valence-corrected chi connectivity index (χ1v) is 6.30. The molecule has 1 heterocycles. The van der Waals surface area contributed by atoms with Crippen LogP contribution in [0.1, 0.15) is 36.5 Å². The highest BCUT2D eigenvalue weighted by Crippen LogP contribution is 2.14. The molecule has 0 spiro atoms. The van der Waals surface area contributed by atoms with Crippen LogP contribution >= 0.6 is 0 Å². The average Bonchev–Trinajstić information content (AvgIpc) is 2.36. The highest BCUT2D eigenvalue weighted by Gasteiger charge is 2.13. The van der Waals surface area contributed by atoms with Crippen LogP contribution in [0.2, 0.25) is 0 Å². The van der Waals surface area contributed by atoms with E-state index < -0.39 is 0 Å². The van der Waals surface area contributed by atoms with Crippen molar-refractivity contribution in [1.82, 2.24) is 10.3 Å². The van der Waals surface area contributed by atoms with Crippen LogP contribution in [0, 0.1) is 5.92 Å². The van der Waals surface area contributed by atoms with Gasteiger partial charge in [0.2, 0.25) is 0 Å². The summed E-state index contributed by atoms with van der Waals surface area (Å²) in [6.07, 6.45) is 5.76. The van der Waals surface area contributed by atoms with Gasteiger partial charge < -0.3 is 16.2 Å². The van der Waals surface area contributed by atoms with Crippen LogP contribution in [0.4, 0.5) is 0 Å². The minimum atomic E-state index is -0.270. The van der Waals surface area contributed by atoms with Crippen molar-refractivity contribution in [3.05, 3.63) is 24.0 Å². The van der Waals surface area contributed by atoms with Gasteiger partial charge in [-0.15, -0.1) is 0 Å². The van der Waals surface area contributed by atoms with Gasteiger partial charge in [-0.1, -0.05) is 13.3 Å². The Kier molecular flexibility index (Phi) is 6.14. The van der Waals surface area contributed by atoms with Gasteiger partial charge in [-0.2, -0.15) is 0 Å². The molecule has 1 aromatic rings. The second-order valence-electron chi connectivity index (χ2n) is 4.33. The Hall–Kier alpha value is -1.62. The first-order chi connectivity index (χ1) is 8.69. The predicted octanol–water partition coefficient (Wildman–Crippen LogP) is 1.28. The number of aromatic nitrogens is 1. The van der Waals surface area contributed by atoms with Crippen LogP contribution in [0.5, 0.6) is 5.75 Å². The third-order valence-corrected chi connectivity index (χ3v) is 2.87. The van der Waals surface area contributed by atoms with Crippen molar-refractivity contribution < 1.29 is 9.90 Å². The van der Waals surface area contributed by atoms with Crippen LogP contribution in [0.3, 0.4) is 0 Å². The molecule has 0 aliphatic carbocycles. The Bertz CT molecular complexity index is 376. The van der Waals surface area contributed by atoms with Crippen LogP contribution in [0.15, 0.2) is 18.5 Å². The zero-order valence-electron chi connectivity index (χ0n) is 10.7. The fourth-order valence-electron chi connectivity index (χ4n) is 1.90. The summed E-state index contributed by atoms with van der Waals surface area (Å²) < 4.78 is 0. The van der Waals surface area contributed by atoms with E-state index in [4.69, 9.17) is 5.73 Å². The maximum Gasteiger partial charge on any atom is 0.255 e. The lowest BCUT2D eigenvalue weighted by Gasteiger charge is -2.16. The molecule has 5 nitrogen and oxygen atoms in total. The zero-order chi connectivity index (χ0) is 13.4. The van der Waals surface area contributed by atoms with Crippen molar-refractivity contribution in [2.45, 2.75) is 26.2 Å². The van der Waals surface area contributed by atoms with Crippen molar-refractivity contribution in [1.29, 1.82) is 0 Å². The molecule has 0 saturated heterocycles. The molecule has 4 N–H and O–H groups in total. The Morgan fingerprint density at radius 2 is 2.33 bits per heavy atom. The second-order valence-corrected chi connectivity index (χ2v) is 4.33. The third kappa shape index (κ3) is 4.33. The van der Waals surface area contributed by atoms with E-state index in [1.54, 1.807) is 0 Å². The van der Waals surface area contributed by atoms with Gasteiger partial charge in [-0.3, -0.25) is 9.78 Å². The van der Waals surface area contributed by atoms with Crippen molar-refractivity contribution in [3.63, 3.8) is 0 Å². The van der Waals surface area contributed by atoms with E-state index in [9.17, 15) is 9.90 Å².